The van der Waals surface area contributed by atoms with Gasteiger partial charge in [-0.3, -0.25) is 14.4 Å². The van der Waals surface area contributed by atoms with Gasteiger partial charge in [0, 0.05) is 6.42 Å². The van der Waals surface area contributed by atoms with E-state index >= 15 is 0 Å². The van der Waals surface area contributed by atoms with E-state index in [1.807, 2.05) is 0 Å². The van der Waals surface area contributed by atoms with Crippen LogP contribution in [0.5, 0.6) is 0 Å². The van der Waals surface area contributed by atoms with Crippen LogP contribution in [0.25, 0.3) is 0 Å². The van der Waals surface area contributed by atoms with Crippen LogP contribution in [0.15, 0.2) is 36.9 Å². The highest BCUT2D eigenvalue weighted by atomic mass is 16.2. The summed E-state index contributed by atoms with van der Waals surface area (Å²) in [6, 6.07) is 6.46. The van der Waals surface area contributed by atoms with Gasteiger partial charge in [-0.25, -0.2) is 4.90 Å². The lowest BCUT2D eigenvalue weighted by Crippen LogP contribution is -2.35. The quantitative estimate of drug-likeness (QED) is 0.552. The molecule has 1 aliphatic rings. The minimum Gasteiger partial charge on any atom is -0.283 e. The van der Waals surface area contributed by atoms with Gasteiger partial charge in [0.15, 0.2) is 0 Å². The van der Waals surface area contributed by atoms with E-state index in [4.69, 9.17) is 0 Å². The number of hydrogen-bond acceptors (Lipinski definition) is 3. The number of imide groups is 1. The molecular formula is C12H9NO3. The number of carbonyl (C=O) groups excluding carboxylic acids is 3. The van der Waals surface area contributed by atoms with Crippen molar-refractivity contribution in [1.82, 2.24) is 0 Å². The predicted octanol–water partition coefficient (Wildman–Crippen LogP) is 1.32. The van der Waals surface area contributed by atoms with Gasteiger partial charge in [-0.1, -0.05) is 18.2 Å². The predicted molar refractivity (Wildman–Crippen MR) is 58.1 cm³/mol. The van der Waals surface area contributed by atoms with Crippen LogP contribution in [0, 0.1) is 0 Å². The minimum atomic E-state index is -0.784. The number of fused-ring (bicyclic) bond motifs is 1. The van der Waals surface area contributed by atoms with Crippen molar-refractivity contribution >= 4 is 23.3 Å². The molecule has 0 radical (unpaired) electrons. The number of ketones is 1. The highest BCUT2D eigenvalue weighted by molar-refractivity contribution is 6.56. The molecule has 2 amide bonds. The Morgan fingerprint density at radius 1 is 1.31 bits per heavy atom. The molecule has 1 aromatic carbocycles. The Hall–Kier alpha value is -2.23. The van der Waals surface area contributed by atoms with Crippen molar-refractivity contribution in [2.45, 2.75) is 6.42 Å². The second-order valence-electron chi connectivity index (χ2n) is 3.37. The van der Waals surface area contributed by atoms with Crippen LogP contribution in [-0.2, 0) is 9.59 Å². The van der Waals surface area contributed by atoms with Crippen molar-refractivity contribution < 1.29 is 14.4 Å². The summed E-state index contributed by atoms with van der Waals surface area (Å²) in [6.45, 7) is 3.43. The van der Waals surface area contributed by atoms with E-state index in [2.05, 4.69) is 6.58 Å². The van der Waals surface area contributed by atoms with Gasteiger partial charge < -0.3 is 0 Å². The van der Waals surface area contributed by atoms with Crippen LogP contribution < -0.4 is 4.90 Å². The van der Waals surface area contributed by atoms with Crippen LogP contribution in [0.1, 0.15) is 16.8 Å². The molecule has 16 heavy (non-hydrogen) atoms. The van der Waals surface area contributed by atoms with E-state index in [9.17, 15) is 14.4 Å². The summed E-state index contributed by atoms with van der Waals surface area (Å²) >= 11 is 0. The van der Waals surface area contributed by atoms with Gasteiger partial charge >= 0.3 is 5.91 Å². The number of benzene rings is 1. The molecule has 0 unspecified atom stereocenters. The molecule has 0 N–H and O–H groups in total. The van der Waals surface area contributed by atoms with E-state index in [1.165, 1.54) is 12.1 Å². The third-order valence-corrected chi connectivity index (χ3v) is 2.36. The van der Waals surface area contributed by atoms with Gasteiger partial charge in [-0.15, -0.1) is 6.58 Å². The Morgan fingerprint density at radius 2 is 2.00 bits per heavy atom. The molecule has 1 aromatic rings. The number of rotatable bonds is 2. The molecule has 0 bridgehead atoms. The Balaban J connectivity index is 2.49. The lowest BCUT2D eigenvalue weighted by Gasteiger charge is -2.12. The number of para-hydroxylation sites is 1. The second kappa shape index (κ2) is 3.73. The molecule has 0 saturated carbocycles. The lowest BCUT2D eigenvalue weighted by molar-refractivity contribution is -0.123. The van der Waals surface area contributed by atoms with Gasteiger partial charge in [0.25, 0.3) is 5.78 Å². The number of nitrogens with zero attached hydrogens (tertiary/aromatic N) is 1. The fourth-order valence-corrected chi connectivity index (χ4v) is 1.65. The molecule has 1 aliphatic heterocycles. The number of amides is 2. The Bertz CT molecular complexity index is 505. The summed E-state index contributed by atoms with van der Waals surface area (Å²) in [5.74, 6) is -1.85. The first-order chi connectivity index (χ1) is 7.66. The van der Waals surface area contributed by atoms with Gasteiger partial charge in [0.05, 0.1) is 11.3 Å². The van der Waals surface area contributed by atoms with Crippen LogP contribution >= 0.6 is 0 Å². The van der Waals surface area contributed by atoms with Crippen molar-refractivity contribution in [3.63, 3.8) is 0 Å². The first-order valence-corrected chi connectivity index (χ1v) is 4.78. The summed E-state index contributed by atoms with van der Waals surface area (Å²) in [7, 11) is 0. The van der Waals surface area contributed by atoms with E-state index in [1.54, 1.807) is 18.2 Å². The largest absolute Gasteiger partial charge is 0.306 e. The van der Waals surface area contributed by atoms with Crippen molar-refractivity contribution in [2.24, 2.45) is 0 Å². The average molecular weight is 215 g/mol. The molecule has 0 spiro atoms. The van der Waals surface area contributed by atoms with E-state index in [0.29, 0.717) is 5.69 Å². The van der Waals surface area contributed by atoms with E-state index in [-0.39, 0.29) is 12.0 Å². The molecule has 2 rings (SSSR count). The molecule has 0 atom stereocenters. The third kappa shape index (κ3) is 1.35. The standard InChI is InChI=1S/C12H9NO3/c1-2-5-10(14)13-9-7-4-3-6-8(9)11(15)12(13)16/h2-4,6-7H,1,5H2. The van der Waals surface area contributed by atoms with E-state index < -0.39 is 17.6 Å². The van der Waals surface area contributed by atoms with Gasteiger partial charge in [-0.2, -0.15) is 0 Å². The molecule has 0 aromatic heterocycles. The normalized spacial score (nSPS) is 13.9. The fourth-order valence-electron chi connectivity index (χ4n) is 1.65. The highest BCUT2D eigenvalue weighted by Crippen LogP contribution is 2.28. The lowest BCUT2D eigenvalue weighted by atomic mass is 10.1. The minimum absolute atomic E-state index is 0.0351. The fraction of sp³-hybridized carbons (Fsp3) is 0.0833. The Kier molecular flexibility index (Phi) is 2.40. The molecular weight excluding hydrogens is 206 g/mol. The van der Waals surface area contributed by atoms with Crippen LogP contribution in [-0.4, -0.2) is 17.6 Å². The summed E-state index contributed by atoms with van der Waals surface area (Å²) in [6.07, 6.45) is 1.44. The summed E-state index contributed by atoms with van der Waals surface area (Å²) in [5.41, 5.74) is 0.647. The molecule has 1 heterocycles. The van der Waals surface area contributed by atoms with Gasteiger partial charge in [0.2, 0.25) is 5.91 Å². The summed E-state index contributed by atoms with van der Waals surface area (Å²) in [5, 5.41) is 0. The number of anilines is 1. The second-order valence-corrected chi connectivity index (χ2v) is 3.37. The Labute approximate surface area is 92.2 Å². The first-order valence-electron chi connectivity index (χ1n) is 4.78. The zero-order valence-corrected chi connectivity index (χ0v) is 8.47. The third-order valence-electron chi connectivity index (χ3n) is 2.36. The topological polar surface area (TPSA) is 54.5 Å². The number of carbonyl (C=O) groups is 3. The van der Waals surface area contributed by atoms with Crippen LogP contribution in [0.2, 0.25) is 0 Å². The number of Topliss-reactive ketones (excluding diaryl/α,β-unsaturated/α-hetero) is 1. The van der Waals surface area contributed by atoms with Gasteiger partial charge in [-0.05, 0) is 12.1 Å². The maximum atomic E-state index is 11.6. The zero-order chi connectivity index (χ0) is 11.7. The molecule has 0 fully saturated rings. The maximum absolute atomic E-state index is 11.6. The highest BCUT2D eigenvalue weighted by Gasteiger charge is 2.38. The zero-order valence-electron chi connectivity index (χ0n) is 8.47. The van der Waals surface area contributed by atoms with Crippen molar-refractivity contribution in [1.29, 1.82) is 0 Å². The average Bonchev–Trinajstić information content (AvgIpc) is 2.53. The van der Waals surface area contributed by atoms with Crippen molar-refractivity contribution in [3.8, 4) is 0 Å². The Morgan fingerprint density at radius 3 is 2.69 bits per heavy atom. The SMILES string of the molecule is C=CCC(=O)N1C(=O)C(=O)c2ccccc21. The molecule has 0 aliphatic carbocycles. The smallest absolute Gasteiger partial charge is 0.283 e. The molecule has 4 nitrogen and oxygen atoms in total. The van der Waals surface area contributed by atoms with Crippen molar-refractivity contribution in [3.05, 3.63) is 42.5 Å². The summed E-state index contributed by atoms with van der Waals surface area (Å²) in [4.78, 5) is 35.7. The molecule has 80 valence electrons. The first kappa shape index (κ1) is 10.3. The number of hydrogen-bond donors (Lipinski definition) is 0. The van der Waals surface area contributed by atoms with Crippen LogP contribution in [0.4, 0.5) is 5.69 Å². The molecule has 4 heteroatoms. The molecule has 0 saturated heterocycles. The summed E-state index contributed by atoms with van der Waals surface area (Å²) < 4.78 is 0. The van der Waals surface area contributed by atoms with Crippen molar-refractivity contribution in [2.75, 3.05) is 4.90 Å². The van der Waals surface area contributed by atoms with Crippen LogP contribution in [0.3, 0.4) is 0 Å². The monoisotopic (exact) mass is 215 g/mol. The van der Waals surface area contributed by atoms with Gasteiger partial charge in [0.1, 0.15) is 0 Å². The maximum Gasteiger partial charge on any atom is 0.306 e. The van der Waals surface area contributed by atoms with E-state index in [0.717, 1.165) is 4.90 Å².